The van der Waals surface area contributed by atoms with E-state index in [0.717, 1.165) is 12.8 Å². The van der Waals surface area contributed by atoms with Gasteiger partial charge < -0.3 is 19.1 Å². The van der Waals surface area contributed by atoms with E-state index in [4.69, 9.17) is 14.2 Å². The predicted molar refractivity (Wildman–Crippen MR) is 117 cm³/mol. The lowest BCUT2D eigenvalue weighted by molar-refractivity contribution is -0.165. The summed E-state index contributed by atoms with van der Waals surface area (Å²) in [7, 11) is 0. The lowest BCUT2D eigenvalue weighted by atomic mass is 9.94. The number of ether oxygens (including phenoxy) is 3. The van der Waals surface area contributed by atoms with Crippen molar-refractivity contribution in [1.29, 1.82) is 0 Å². The topological polar surface area (TPSA) is 65.1 Å². The van der Waals surface area contributed by atoms with Crippen LogP contribution in [0.4, 0.5) is 4.79 Å². The second kappa shape index (κ2) is 10.5. The molecule has 1 saturated heterocycles. The molecule has 1 aromatic rings. The molecule has 1 aliphatic heterocycles. The van der Waals surface area contributed by atoms with E-state index in [2.05, 4.69) is 18.4 Å². The first-order valence-corrected chi connectivity index (χ1v) is 10.9. The molecule has 0 spiro atoms. The summed E-state index contributed by atoms with van der Waals surface area (Å²) in [6.45, 7) is 9.91. The van der Waals surface area contributed by atoms with E-state index in [1.54, 1.807) is 23.1 Å². The molecule has 1 heterocycles. The van der Waals surface area contributed by atoms with Crippen LogP contribution in [0.25, 0.3) is 0 Å². The fraction of sp³-hybridized carbons (Fsp3) is 0.520. The van der Waals surface area contributed by atoms with Gasteiger partial charge in [0.05, 0.1) is 18.2 Å². The Morgan fingerprint density at radius 3 is 2.71 bits per heavy atom. The Kier molecular flexibility index (Phi) is 7.75. The van der Waals surface area contributed by atoms with Gasteiger partial charge in [0.25, 0.3) is 0 Å². The van der Waals surface area contributed by atoms with Crippen molar-refractivity contribution in [2.24, 2.45) is 11.8 Å². The third-order valence-electron chi connectivity index (χ3n) is 5.50. The molecule has 0 bridgehead atoms. The van der Waals surface area contributed by atoms with Gasteiger partial charge in [0.15, 0.2) is 0 Å². The van der Waals surface area contributed by atoms with E-state index in [9.17, 15) is 9.59 Å². The fourth-order valence-electron chi connectivity index (χ4n) is 3.63. The number of nitrogens with zero attached hydrogens (tertiary/aromatic N) is 1. The highest BCUT2D eigenvalue weighted by atomic mass is 16.7. The Bertz CT molecular complexity index is 864. The zero-order valence-corrected chi connectivity index (χ0v) is 18.5. The SMILES string of the molecule is C=CCOC(=O)N(C(C)C)[C@H]1CO[C@H](OC(=O)c2ccccc2C#CC2CC2)C[C@H]1C. The zero-order chi connectivity index (χ0) is 22.4. The Morgan fingerprint density at radius 1 is 1.32 bits per heavy atom. The summed E-state index contributed by atoms with van der Waals surface area (Å²) in [5.41, 5.74) is 1.13. The van der Waals surface area contributed by atoms with E-state index in [1.807, 2.05) is 32.9 Å². The van der Waals surface area contributed by atoms with Gasteiger partial charge in [-0.25, -0.2) is 9.59 Å². The Morgan fingerprint density at radius 2 is 2.06 bits per heavy atom. The molecule has 1 aromatic carbocycles. The number of benzene rings is 1. The first-order valence-electron chi connectivity index (χ1n) is 10.9. The summed E-state index contributed by atoms with van der Waals surface area (Å²) >= 11 is 0. The molecule has 1 aliphatic carbocycles. The van der Waals surface area contributed by atoms with Crippen LogP contribution >= 0.6 is 0 Å². The zero-order valence-electron chi connectivity index (χ0n) is 18.5. The van der Waals surface area contributed by atoms with Crippen molar-refractivity contribution in [1.82, 2.24) is 4.90 Å². The third-order valence-corrected chi connectivity index (χ3v) is 5.50. The predicted octanol–water partition coefficient (Wildman–Crippen LogP) is 4.39. The summed E-state index contributed by atoms with van der Waals surface area (Å²) in [5.74, 6) is 6.37. The fourth-order valence-corrected chi connectivity index (χ4v) is 3.63. The highest BCUT2D eigenvalue weighted by Gasteiger charge is 2.38. The van der Waals surface area contributed by atoms with E-state index >= 15 is 0 Å². The highest BCUT2D eigenvalue weighted by Crippen LogP contribution is 2.29. The number of hydrogen-bond acceptors (Lipinski definition) is 5. The molecule has 2 fully saturated rings. The summed E-state index contributed by atoms with van der Waals surface area (Å²) in [4.78, 5) is 27.0. The molecule has 1 saturated carbocycles. The number of amides is 1. The van der Waals surface area contributed by atoms with E-state index in [0.29, 0.717) is 23.5 Å². The molecule has 31 heavy (non-hydrogen) atoms. The Balaban J connectivity index is 1.62. The summed E-state index contributed by atoms with van der Waals surface area (Å²) in [6, 6.07) is 7.01. The lowest BCUT2D eigenvalue weighted by Crippen LogP contribution is -2.54. The van der Waals surface area contributed by atoms with Crippen LogP contribution < -0.4 is 0 Å². The summed E-state index contributed by atoms with van der Waals surface area (Å²) in [6.07, 6.45) is 3.23. The van der Waals surface area contributed by atoms with Crippen molar-refractivity contribution < 1.29 is 23.8 Å². The molecule has 0 aromatic heterocycles. The second-order valence-electron chi connectivity index (χ2n) is 8.40. The average molecular weight is 426 g/mol. The molecule has 3 atom stereocenters. The van der Waals surface area contributed by atoms with Crippen LogP contribution in [0.3, 0.4) is 0 Å². The first-order chi connectivity index (χ1) is 14.9. The normalized spacial score (nSPS) is 22.8. The van der Waals surface area contributed by atoms with E-state index in [-0.39, 0.29) is 31.2 Å². The molecule has 0 radical (unpaired) electrons. The van der Waals surface area contributed by atoms with Gasteiger partial charge >= 0.3 is 12.1 Å². The minimum Gasteiger partial charge on any atom is -0.445 e. The minimum atomic E-state index is -0.665. The number of carbonyl (C=O) groups is 2. The average Bonchev–Trinajstić information content (AvgIpc) is 3.57. The van der Waals surface area contributed by atoms with Crippen LogP contribution in [0.5, 0.6) is 0 Å². The maximum absolute atomic E-state index is 12.8. The monoisotopic (exact) mass is 425 g/mol. The highest BCUT2D eigenvalue weighted by molar-refractivity contribution is 5.92. The molecular formula is C25H31NO5. The van der Waals surface area contributed by atoms with Crippen molar-refractivity contribution in [3.05, 3.63) is 48.0 Å². The van der Waals surface area contributed by atoms with Crippen LogP contribution in [0.15, 0.2) is 36.9 Å². The standard InChI is InChI=1S/C25H31NO5/c1-5-14-29-25(28)26(17(2)3)22-16-30-23(15-18(22)4)31-24(27)21-9-7-6-8-20(21)13-12-19-10-11-19/h5-9,17-19,22-23H,1,10-11,14-16H2,2-4H3/t18-,22+,23-/m1/s1. The van der Waals surface area contributed by atoms with Crippen molar-refractivity contribution in [2.45, 2.75) is 58.4 Å². The van der Waals surface area contributed by atoms with E-state index in [1.165, 1.54) is 0 Å². The molecule has 6 heteroatoms. The quantitative estimate of drug-likeness (QED) is 0.384. The number of esters is 1. The molecule has 2 aliphatic rings. The van der Waals surface area contributed by atoms with Crippen molar-refractivity contribution >= 4 is 12.1 Å². The van der Waals surface area contributed by atoms with Crippen molar-refractivity contribution in [3.63, 3.8) is 0 Å². The largest absolute Gasteiger partial charge is 0.445 e. The van der Waals surface area contributed by atoms with Crippen molar-refractivity contribution in [3.8, 4) is 11.8 Å². The third kappa shape index (κ3) is 6.11. The Hall–Kier alpha value is -2.78. The Labute approximate surface area is 184 Å². The van der Waals surface area contributed by atoms with Gasteiger partial charge in [0.1, 0.15) is 6.61 Å². The van der Waals surface area contributed by atoms with Gasteiger partial charge in [0.2, 0.25) is 6.29 Å². The van der Waals surface area contributed by atoms with Crippen LogP contribution in [0.2, 0.25) is 0 Å². The van der Waals surface area contributed by atoms with Crippen molar-refractivity contribution in [2.75, 3.05) is 13.2 Å². The van der Waals surface area contributed by atoms with Crippen LogP contribution in [-0.2, 0) is 14.2 Å². The molecule has 166 valence electrons. The maximum Gasteiger partial charge on any atom is 0.410 e. The summed E-state index contributed by atoms with van der Waals surface area (Å²) in [5, 5.41) is 0. The van der Waals surface area contributed by atoms with Gasteiger partial charge in [-0.3, -0.25) is 0 Å². The molecular weight excluding hydrogens is 394 g/mol. The number of carbonyl (C=O) groups excluding carboxylic acids is 2. The number of rotatable bonds is 6. The minimum absolute atomic E-state index is 0.0515. The van der Waals surface area contributed by atoms with Gasteiger partial charge in [-0.2, -0.15) is 0 Å². The van der Waals surface area contributed by atoms with Crippen LogP contribution in [0.1, 0.15) is 56.0 Å². The lowest BCUT2D eigenvalue weighted by Gasteiger charge is -2.41. The molecule has 6 nitrogen and oxygen atoms in total. The molecule has 1 amide bonds. The molecule has 0 unspecified atom stereocenters. The van der Waals surface area contributed by atoms with Crippen LogP contribution in [-0.4, -0.2) is 48.5 Å². The van der Waals surface area contributed by atoms with Gasteiger partial charge in [0, 0.05) is 23.9 Å². The van der Waals surface area contributed by atoms with Gasteiger partial charge in [-0.1, -0.05) is 43.6 Å². The van der Waals surface area contributed by atoms with Gasteiger partial charge in [-0.05, 0) is 44.7 Å². The summed E-state index contributed by atoms with van der Waals surface area (Å²) < 4.78 is 16.7. The maximum atomic E-state index is 12.8. The molecule has 0 N–H and O–H groups in total. The van der Waals surface area contributed by atoms with Gasteiger partial charge in [-0.15, -0.1) is 0 Å². The van der Waals surface area contributed by atoms with Crippen LogP contribution in [0, 0.1) is 23.7 Å². The molecule has 3 rings (SSSR count). The second-order valence-corrected chi connectivity index (χ2v) is 8.40. The number of hydrogen-bond donors (Lipinski definition) is 0. The first kappa shape index (κ1) is 22.9. The van der Waals surface area contributed by atoms with E-state index < -0.39 is 18.4 Å². The smallest absolute Gasteiger partial charge is 0.410 e.